The van der Waals surface area contributed by atoms with Gasteiger partial charge in [-0.2, -0.15) is 9.97 Å². The van der Waals surface area contributed by atoms with Crippen molar-refractivity contribution in [2.75, 3.05) is 50.2 Å². The zero-order valence-corrected chi connectivity index (χ0v) is 11.3. The number of nitrogen functional groups attached to an aromatic ring is 1. The van der Waals surface area contributed by atoms with Gasteiger partial charge < -0.3 is 20.9 Å². The van der Waals surface area contributed by atoms with E-state index in [1.807, 2.05) is 11.8 Å². The van der Waals surface area contributed by atoms with Gasteiger partial charge in [-0.05, 0) is 6.92 Å². The summed E-state index contributed by atoms with van der Waals surface area (Å²) in [5, 5.41) is 2.91. The fraction of sp³-hybridized carbons (Fsp3) is 0.545. The molecule has 3 N–H and O–H groups in total. The first-order valence-electron chi connectivity index (χ1n) is 5.75. The highest BCUT2D eigenvalue weighted by molar-refractivity contribution is 5.80. The average molecular weight is 252 g/mol. The summed E-state index contributed by atoms with van der Waals surface area (Å²) in [7, 11) is 5.21. The topological polar surface area (TPSA) is 87.4 Å². The van der Waals surface area contributed by atoms with E-state index in [1.54, 1.807) is 32.1 Å². The Morgan fingerprint density at radius 2 is 2.11 bits per heavy atom. The van der Waals surface area contributed by atoms with Crippen LogP contribution in [0, 0.1) is 0 Å². The van der Waals surface area contributed by atoms with E-state index in [4.69, 9.17) is 5.73 Å². The van der Waals surface area contributed by atoms with E-state index >= 15 is 0 Å². The first-order chi connectivity index (χ1) is 8.47. The van der Waals surface area contributed by atoms with Crippen molar-refractivity contribution in [3.8, 4) is 0 Å². The van der Waals surface area contributed by atoms with Crippen LogP contribution in [0.4, 0.5) is 17.6 Å². The van der Waals surface area contributed by atoms with Gasteiger partial charge in [-0.25, -0.2) is 0 Å². The molecule has 0 bridgehead atoms. The minimum atomic E-state index is 0.0139. The molecule has 1 aromatic heterocycles. The Labute approximate surface area is 107 Å². The zero-order valence-electron chi connectivity index (χ0n) is 11.3. The van der Waals surface area contributed by atoms with Gasteiger partial charge in [0, 0.05) is 33.8 Å². The van der Waals surface area contributed by atoms with Crippen LogP contribution in [0.25, 0.3) is 0 Å². The van der Waals surface area contributed by atoms with Crippen LogP contribution in [0.15, 0.2) is 6.07 Å². The van der Waals surface area contributed by atoms with E-state index in [2.05, 4.69) is 15.3 Å². The standard InChI is InChI=1S/C11H20N6O/c1-5-17(7-10(18)16(3)4)9-6-8(13-2)14-11(12)15-9/h6H,5,7H2,1-4H3,(H3,12,13,14,15). The van der Waals surface area contributed by atoms with E-state index in [0.717, 1.165) is 0 Å². The van der Waals surface area contributed by atoms with Gasteiger partial charge in [-0.1, -0.05) is 0 Å². The Morgan fingerprint density at radius 1 is 1.44 bits per heavy atom. The summed E-state index contributed by atoms with van der Waals surface area (Å²) in [6.07, 6.45) is 0. The summed E-state index contributed by atoms with van der Waals surface area (Å²) in [6.45, 7) is 2.89. The van der Waals surface area contributed by atoms with Gasteiger partial charge in [0.15, 0.2) is 0 Å². The third kappa shape index (κ3) is 3.47. The first kappa shape index (κ1) is 14.0. The highest BCUT2D eigenvalue weighted by Crippen LogP contribution is 2.16. The number of carbonyl (C=O) groups is 1. The molecule has 1 aromatic rings. The summed E-state index contributed by atoms with van der Waals surface area (Å²) in [5.74, 6) is 1.48. The smallest absolute Gasteiger partial charge is 0.241 e. The van der Waals surface area contributed by atoms with Crippen molar-refractivity contribution in [1.29, 1.82) is 0 Å². The number of nitrogens with zero attached hydrogens (tertiary/aromatic N) is 4. The Morgan fingerprint density at radius 3 is 2.61 bits per heavy atom. The molecular weight excluding hydrogens is 232 g/mol. The third-order valence-corrected chi connectivity index (χ3v) is 2.52. The second-order valence-electron chi connectivity index (χ2n) is 4.02. The van der Waals surface area contributed by atoms with Gasteiger partial charge in [-0.15, -0.1) is 0 Å². The summed E-state index contributed by atoms with van der Waals surface area (Å²) < 4.78 is 0. The lowest BCUT2D eigenvalue weighted by Gasteiger charge is -2.23. The molecule has 0 aromatic carbocycles. The normalized spacial score (nSPS) is 10.0. The molecule has 7 nitrogen and oxygen atoms in total. The van der Waals surface area contributed by atoms with Crippen LogP contribution in [0.5, 0.6) is 0 Å². The van der Waals surface area contributed by atoms with Crippen LogP contribution in [0.2, 0.25) is 0 Å². The number of likely N-dealkylation sites (N-methyl/N-ethyl adjacent to an activating group) is 2. The average Bonchev–Trinajstić information content (AvgIpc) is 2.34. The highest BCUT2D eigenvalue weighted by atomic mass is 16.2. The first-order valence-corrected chi connectivity index (χ1v) is 5.75. The minimum absolute atomic E-state index is 0.0139. The Bertz CT molecular complexity index is 420. The number of hydrogen-bond acceptors (Lipinski definition) is 6. The molecule has 0 saturated carbocycles. The maximum Gasteiger partial charge on any atom is 0.241 e. The van der Waals surface area contributed by atoms with Crippen molar-refractivity contribution in [3.63, 3.8) is 0 Å². The Kier molecular flexibility index (Phi) is 4.70. The third-order valence-electron chi connectivity index (χ3n) is 2.52. The van der Waals surface area contributed by atoms with Crippen molar-refractivity contribution in [2.45, 2.75) is 6.92 Å². The van der Waals surface area contributed by atoms with E-state index in [9.17, 15) is 4.79 Å². The monoisotopic (exact) mass is 252 g/mol. The molecule has 0 atom stereocenters. The van der Waals surface area contributed by atoms with Gasteiger partial charge in [0.2, 0.25) is 11.9 Å². The number of carbonyl (C=O) groups excluding carboxylic acids is 1. The second-order valence-corrected chi connectivity index (χ2v) is 4.02. The lowest BCUT2D eigenvalue weighted by atomic mass is 10.4. The van der Waals surface area contributed by atoms with E-state index in [0.29, 0.717) is 18.2 Å². The fourth-order valence-corrected chi connectivity index (χ4v) is 1.40. The lowest BCUT2D eigenvalue weighted by Crippen LogP contribution is -2.37. The predicted molar refractivity (Wildman–Crippen MR) is 72.6 cm³/mol. The largest absolute Gasteiger partial charge is 0.373 e. The maximum atomic E-state index is 11.7. The summed E-state index contributed by atoms with van der Waals surface area (Å²) in [6, 6.07) is 1.77. The van der Waals surface area contributed by atoms with Gasteiger partial charge in [0.1, 0.15) is 11.6 Å². The Balaban J connectivity index is 2.94. The van der Waals surface area contributed by atoms with E-state index in [1.165, 1.54) is 0 Å². The molecule has 1 rings (SSSR count). The van der Waals surface area contributed by atoms with Crippen molar-refractivity contribution < 1.29 is 4.79 Å². The predicted octanol–water partition coefficient (Wildman–Crippen LogP) is 0.0150. The minimum Gasteiger partial charge on any atom is -0.373 e. The van der Waals surface area contributed by atoms with Crippen molar-refractivity contribution in [3.05, 3.63) is 6.07 Å². The number of rotatable bonds is 5. The molecule has 0 saturated heterocycles. The van der Waals surface area contributed by atoms with Crippen LogP contribution in [0.3, 0.4) is 0 Å². The summed E-state index contributed by atoms with van der Waals surface area (Å²) in [5.41, 5.74) is 5.63. The quantitative estimate of drug-likeness (QED) is 0.768. The molecule has 18 heavy (non-hydrogen) atoms. The van der Waals surface area contributed by atoms with Crippen molar-refractivity contribution in [1.82, 2.24) is 14.9 Å². The maximum absolute atomic E-state index is 11.7. The molecule has 0 spiro atoms. The number of aromatic nitrogens is 2. The number of anilines is 3. The summed E-state index contributed by atoms with van der Waals surface area (Å²) >= 11 is 0. The van der Waals surface area contributed by atoms with Crippen molar-refractivity contribution >= 4 is 23.5 Å². The van der Waals surface area contributed by atoms with Crippen LogP contribution in [-0.2, 0) is 4.79 Å². The molecule has 100 valence electrons. The van der Waals surface area contributed by atoms with Crippen molar-refractivity contribution in [2.24, 2.45) is 0 Å². The van der Waals surface area contributed by atoms with E-state index in [-0.39, 0.29) is 18.4 Å². The lowest BCUT2D eigenvalue weighted by molar-refractivity contribution is -0.127. The fourth-order valence-electron chi connectivity index (χ4n) is 1.40. The van der Waals surface area contributed by atoms with Crippen LogP contribution in [0.1, 0.15) is 6.92 Å². The van der Waals surface area contributed by atoms with Crippen LogP contribution in [-0.4, -0.2) is 55.0 Å². The molecule has 1 amide bonds. The number of nitrogens with one attached hydrogen (secondary N) is 1. The second kappa shape index (κ2) is 6.04. The van der Waals surface area contributed by atoms with Gasteiger partial charge in [0.05, 0.1) is 6.54 Å². The molecular formula is C11H20N6O. The molecule has 0 aliphatic carbocycles. The van der Waals surface area contributed by atoms with Crippen LogP contribution >= 0.6 is 0 Å². The zero-order chi connectivity index (χ0) is 13.7. The van der Waals surface area contributed by atoms with E-state index < -0.39 is 0 Å². The molecule has 0 aliphatic rings. The van der Waals surface area contributed by atoms with Gasteiger partial charge in [0.25, 0.3) is 0 Å². The summed E-state index contributed by atoms with van der Waals surface area (Å²) in [4.78, 5) is 23.3. The molecule has 7 heteroatoms. The molecule has 0 radical (unpaired) electrons. The molecule has 0 fully saturated rings. The van der Waals surface area contributed by atoms with Gasteiger partial charge >= 0.3 is 0 Å². The number of hydrogen-bond donors (Lipinski definition) is 2. The van der Waals surface area contributed by atoms with Gasteiger partial charge in [-0.3, -0.25) is 4.79 Å². The molecule has 0 unspecified atom stereocenters. The Hall–Kier alpha value is -2.05. The SMILES string of the molecule is CCN(CC(=O)N(C)C)c1cc(NC)nc(N)n1. The number of amides is 1. The highest BCUT2D eigenvalue weighted by Gasteiger charge is 2.14. The molecule has 1 heterocycles. The molecule has 0 aliphatic heterocycles. The van der Waals surface area contributed by atoms with Crippen LogP contribution < -0.4 is 16.0 Å². The number of nitrogens with two attached hydrogens (primary N) is 1.